The third kappa shape index (κ3) is 4.66. The molecule has 0 saturated carbocycles. The fourth-order valence-corrected chi connectivity index (χ4v) is 2.36. The first kappa shape index (κ1) is 17.2. The largest absolute Gasteiger partial charge is 0.484 e. The number of hydrogen-bond acceptors (Lipinski definition) is 2. The molecule has 0 saturated heterocycles. The highest BCUT2D eigenvalue weighted by Gasteiger charge is 2.15. The zero-order chi connectivity index (χ0) is 17.0. The molecule has 0 aliphatic carbocycles. The van der Waals surface area contributed by atoms with E-state index in [4.69, 9.17) is 16.3 Å². The van der Waals surface area contributed by atoms with Crippen molar-refractivity contribution < 1.29 is 18.3 Å². The second-order valence-electron chi connectivity index (χ2n) is 5.15. The van der Waals surface area contributed by atoms with E-state index in [1.165, 1.54) is 6.07 Å². The first-order valence-electron chi connectivity index (χ1n) is 7.00. The predicted octanol–water partition coefficient (Wildman–Crippen LogP) is 4.18. The fourth-order valence-electron chi connectivity index (χ4n) is 2.13. The van der Waals surface area contributed by atoms with Gasteiger partial charge in [-0.05, 0) is 43.7 Å². The Morgan fingerprint density at radius 3 is 2.65 bits per heavy atom. The second-order valence-corrected chi connectivity index (χ2v) is 5.59. The molecular weight excluding hydrogens is 324 g/mol. The van der Waals surface area contributed by atoms with Crippen LogP contribution >= 0.6 is 11.6 Å². The smallest absolute Gasteiger partial charge is 0.258 e. The molecule has 1 atom stereocenters. The van der Waals surface area contributed by atoms with E-state index in [1.807, 2.05) is 6.92 Å². The van der Waals surface area contributed by atoms with E-state index < -0.39 is 23.6 Å². The van der Waals surface area contributed by atoms with E-state index in [0.29, 0.717) is 10.8 Å². The molecule has 1 amide bonds. The van der Waals surface area contributed by atoms with Gasteiger partial charge in [0.1, 0.15) is 17.4 Å². The van der Waals surface area contributed by atoms with Gasteiger partial charge >= 0.3 is 0 Å². The minimum absolute atomic E-state index is 0.211. The summed E-state index contributed by atoms with van der Waals surface area (Å²) in [6, 6.07) is 7.70. The Morgan fingerprint density at radius 2 is 2.00 bits per heavy atom. The van der Waals surface area contributed by atoms with Crippen molar-refractivity contribution in [1.29, 1.82) is 0 Å². The van der Waals surface area contributed by atoms with E-state index in [-0.39, 0.29) is 12.2 Å². The number of carbonyl (C=O) groups is 1. The molecule has 0 radical (unpaired) electrons. The molecule has 0 unspecified atom stereocenters. The molecule has 2 aromatic carbocycles. The molecule has 0 spiro atoms. The third-order valence-electron chi connectivity index (χ3n) is 3.30. The maximum absolute atomic E-state index is 13.7. The van der Waals surface area contributed by atoms with E-state index in [2.05, 4.69) is 5.32 Å². The molecule has 0 fully saturated rings. The maximum atomic E-state index is 13.7. The van der Waals surface area contributed by atoms with Gasteiger partial charge in [0.05, 0.1) is 6.04 Å². The molecule has 2 aromatic rings. The summed E-state index contributed by atoms with van der Waals surface area (Å²) < 4.78 is 32.0. The van der Waals surface area contributed by atoms with Crippen LogP contribution in [0.4, 0.5) is 8.78 Å². The molecule has 3 nitrogen and oxygen atoms in total. The van der Waals surface area contributed by atoms with Gasteiger partial charge in [-0.1, -0.05) is 17.7 Å². The average Bonchev–Trinajstić information content (AvgIpc) is 2.46. The van der Waals surface area contributed by atoms with Crippen molar-refractivity contribution in [2.45, 2.75) is 19.9 Å². The van der Waals surface area contributed by atoms with Crippen LogP contribution < -0.4 is 10.1 Å². The van der Waals surface area contributed by atoms with E-state index in [1.54, 1.807) is 25.1 Å². The lowest BCUT2D eigenvalue weighted by molar-refractivity contribution is -0.123. The summed E-state index contributed by atoms with van der Waals surface area (Å²) in [5, 5.41) is 3.19. The van der Waals surface area contributed by atoms with Crippen LogP contribution in [0.15, 0.2) is 36.4 Å². The highest BCUT2D eigenvalue weighted by atomic mass is 35.5. The van der Waals surface area contributed by atoms with Gasteiger partial charge in [0.15, 0.2) is 6.61 Å². The van der Waals surface area contributed by atoms with Gasteiger partial charge < -0.3 is 10.1 Å². The topological polar surface area (TPSA) is 38.3 Å². The number of carbonyl (C=O) groups excluding carboxylic acids is 1. The number of rotatable bonds is 5. The van der Waals surface area contributed by atoms with Crippen molar-refractivity contribution in [3.05, 3.63) is 64.2 Å². The first-order chi connectivity index (χ1) is 10.9. The zero-order valence-corrected chi connectivity index (χ0v) is 13.5. The van der Waals surface area contributed by atoms with Crippen molar-refractivity contribution >= 4 is 17.5 Å². The highest BCUT2D eigenvalue weighted by molar-refractivity contribution is 6.30. The van der Waals surface area contributed by atoms with Crippen molar-refractivity contribution in [1.82, 2.24) is 5.32 Å². The first-order valence-corrected chi connectivity index (χ1v) is 7.38. The predicted molar refractivity (Wildman–Crippen MR) is 84.6 cm³/mol. The van der Waals surface area contributed by atoms with E-state index in [0.717, 1.165) is 17.7 Å². The van der Waals surface area contributed by atoms with Crippen LogP contribution in [-0.4, -0.2) is 12.5 Å². The number of hydrogen-bond donors (Lipinski definition) is 1. The van der Waals surface area contributed by atoms with Crippen LogP contribution in [-0.2, 0) is 4.79 Å². The number of aryl methyl sites for hydroxylation is 1. The van der Waals surface area contributed by atoms with Gasteiger partial charge in [-0.3, -0.25) is 4.79 Å². The number of ether oxygens (including phenoxy) is 1. The van der Waals surface area contributed by atoms with E-state index >= 15 is 0 Å². The monoisotopic (exact) mass is 339 g/mol. The summed E-state index contributed by atoms with van der Waals surface area (Å²) in [5.74, 6) is -1.22. The fraction of sp³-hybridized carbons (Fsp3) is 0.235. The lowest BCUT2D eigenvalue weighted by atomic mass is 10.1. The molecule has 0 aliphatic rings. The summed E-state index contributed by atoms with van der Waals surface area (Å²) in [6.45, 7) is 3.22. The van der Waals surface area contributed by atoms with Crippen LogP contribution in [0.3, 0.4) is 0 Å². The molecule has 6 heteroatoms. The zero-order valence-electron chi connectivity index (χ0n) is 12.7. The minimum Gasteiger partial charge on any atom is -0.484 e. The lowest BCUT2D eigenvalue weighted by Gasteiger charge is -2.16. The number of amides is 1. The summed E-state index contributed by atoms with van der Waals surface area (Å²) >= 11 is 5.85. The van der Waals surface area contributed by atoms with E-state index in [9.17, 15) is 13.6 Å². The van der Waals surface area contributed by atoms with Gasteiger partial charge in [-0.15, -0.1) is 0 Å². The Kier molecular flexibility index (Phi) is 5.55. The normalized spacial score (nSPS) is 11.9. The molecule has 0 bridgehead atoms. The molecule has 1 N–H and O–H groups in total. The van der Waals surface area contributed by atoms with Crippen molar-refractivity contribution in [2.75, 3.05) is 6.61 Å². The molecule has 0 aromatic heterocycles. The van der Waals surface area contributed by atoms with Gasteiger partial charge in [0.2, 0.25) is 0 Å². The Morgan fingerprint density at radius 1 is 1.26 bits per heavy atom. The number of nitrogens with one attached hydrogen (secondary N) is 1. The Labute approximate surface area is 138 Å². The summed E-state index contributed by atoms with van der Waals surface area (Å²) in [7, 11) is 0. The molecule has 2 rings (SSSR count). The molecule has 0 heterocycles. The van der Waals surface area contributed by atoms with Gasteiger partial charge in [0.25, 0.3) is 5.91 Å². The van der Waals surface area contributed by atoms with Gasteiger partial charge in [0, 0.05) is 16.7 Å². The van der Waals surface area contributed by atoms with Crippen LogP contribution in [0.1, 0.15) is 24.1 Å². The van der Waals surface area contributed by atoms with Crippen LogP contribution in [0.2, 0.25) is 5.02 Å². The Hall–Kier alpha value is -2.14. The Bertz CT molecular complexity index is 722. The average molecular weight is 340 g/mol. The summed E-state index contributed by atoms with van der Waals surface area (Å²) in [6.07, 6.45) is 0. The SMILES string of the molecule is Cc1cc(Cl)ccc1OCC(=O)N[C@@H](C)c1ccc(F)cc1F. The van der Waals surface area contributed by atoms with Crippen molar-refractivity contribution in [3.8, 4) is 5.75 Å². The molecular formula is C17H16ClF2NO2. The standard InChI is InChI=1S/C17H16ClF2NO2/c1-10-7-12(18)3-6-16(10)23-9-17(22)21-11(2)14-5-4-13(19)8-15(14)20/h3-8,11H,9H2,1-2H3,(H,21,22)/t11-/m0/s1. The number of halogens is 3. The van der Waals surface area contributed by atoms with Crippen molar-refractivity contribution in [2.24, 2.45) is 0 Å². The van der Waals surface area contributed by atoms with Crippen LogP contribution in [0.5, 0.6) is 5.75 Å². The quantitative estimate of drug-likeness (QED) is 0.887. The van der Waals surface area contributed by atoms with Crippen LogP contribution in [0, 0.1) is 18.6 Å². The third-order valence-corrected chi connectivity index (χ3v) is 3.54. The molecule has 23 heavy (non-hydrogen) atoms. The van der Waals surface area contributed by atoms with Gasteiger partial charge in [-0.2, -0.15) is 0 Å². The maximum Gasteiger partial charge on any atom is 0.258 e. The number of benzene rings is 2. The molecule has 0 aliphatic heterocycles. The lowest BCUT2D eigenvalue weighted by Crippen LogP contribution is -2.31. The summed E-state index contributed by atoms with van der Waals surface area (Å²) in [5.41, 5.74) is 1.02. The van der Waals surface area contributed by atoms with Crippen molar-refractivity contribution in [3.63, 3.8) is 0 Å². The minimum atomic E-state index is -0.702. The summed E-state index contributed by atoms with van der Waals surface area (Å²) in [4.78, 5) is 11.9. The molecule has 122 valence electrons. The van der Waals surface area contributed by atoms with Crippen LogP contribution in [0.25, 0.3) is 0 Å². The van der Waals surface area contributed by atoms with Gasteiger partial charge in [-0.25, -0.2) is 8.78 Å². The second kappa shape index (κ2) is 7.42. The highest BCUT2D eigenvalue weighted by Crippen LogP contribution is 2.22. The Balaban J connectivity index is 1.93.